The minimum absolute atomic E-state index is 0.201. The number of nitrogens with one attached hydrogen (secondary N) is 2. The van der Waals surface area contributed by atoms with Gasteiger partial charge in [0.25, 0.3) is 5.91 Å². The molecule has 0 atom stereocenters. The van der Waals surface area contributed by atoms with Gasteiger partial charge in [-0.05, 0) is 44.5 Å². The summed E-state index contributed by atoms with van der Waals surface area (Å²) >= 11 is 1.19. The first-order valence-corrected chi connectivity index (χ1v) is 10.8. The molecule has 1 heterocycles. The number of fused-ring (bicyclic) bond motifs is 1. The van der Waals surface area contributed by atoms with Crippen LogP contribution in [0.3, 0.4) is 0 Å². The van der Waals surface area contributed by atoms with Gasteiger partial charge in [-0.2, -0.15) is 0 Å². The lowest BCUT2D eigenvalue weighted by atomic mass is 10.0. The van der Waals surface area contributed by atoms with Gasteiger partial charge in [-0.3, -0.25) is 14.9 Å². The molecule has 2 N–H and O–H groups in total. The zero-order valence-corrected chi connectivity index (χ0v) is 18.8. The molecule has 1 aromatic heterocycles. The van der Waals surface area contributed by atoms with Crippen LogP contribution >= 0.6 is 11.3 Å². The summed E-state index contributed by atoms with van der Waals surface area (Å²) in [5, 5.41) is 16.4. The molecular formula is C22H26N4O4S. The lowest BCUT2D eigenvalue weighted by Gasteiger charge is -2.19. The van der Waals surface area contributed by atoms with Crippen LogP contribution in [-0.2, 0) is 9.53 Å². The van der Waals surface area contributed by atoms with Crippen molar-refractivity contribution in [3.05, 3.63) is 42.0 Å². The van der Waals surface area contributed by atoms with Gasteiger partial charge in [0.05, 0.1) is 18.6 Å². The molecule has 164 valence electrons. The first-order valence-electron chi connectivity index (χ1n) is 10.0. The monoisotopic (exact) mass is 442 g/mol. The number of carbonyl (C=O) groups is 2. The Hall–Kier alpha value is -3.20. The third-order valence-electron chi connectivity index (χ3n) is 4.09. The second-order valence-corrected chi connectivity index (χ2v) is 8.70. The minimum atomic E-state index is -0.515. The van der Waals surface area contributed by atoms with Crippen molar-refractivity contribution in [2.75, 3.05) is 23.8 Å². The summed E-state index contributed by atoms with van der Waals surface area (Å²) in [7, 11) is 0. The predicted octanol–water partition coefficient (Wildman–Crippen LogP) is 4.49. The fourth-order valence-corrected chi connectivity index (χ4v) is 3.59. The van der Waals surface area contributed by atoms with Crippen LogP contribution in [0.1, 0.15) is 44.5 Å². The summed E-state index contributed by atoms with van der Waals surface area (Å²) < 4.78 is 10.9. The molecule has 8 nitrogen and oxygen atoms in total. The van der Waals surface area contributed by atoms with E-state index in [2.05, 4.69) is 20.8 Å². The highest BCUT2D eigenvalue weighted by molar-refractivity contribution is 7.19. The summed E-state index contributed by atoms with van der Waals surface area (Å²) in [5.74, 6) is -0.104. The number of aromatic nitrogens is 2. The largest absolute Gasteiger partial charge is 0.493 e. The van der Waals surface area contributed by atoms with Crippen LogP contribution in [0.15, 0.2) is 36.4 Å². The summed E-state index contributed by atoms with van der Waals surface area (Å²) in [4.78, 5) is 24.8. The first-order chi connectivity index (χ1) is 14.8. The van der Waals surface area contributed by atoms with E-state index in [0.717, 1.165) is 10.8 Å². The number of benzene rings is 2. The summed E-state index contributed by atoms with van der Waals surface area (Å²) in [6.45, 7) is 8.15. The van der Waals surface area contributed by atoms with Crippen molar-refractivity contribution in [3.8, 4) is 5.75 Å². The van der Waals surface area contributed by atoms with Gasteiger partial charge < -0.3 is 14.8 Å². The molecule has 0 aliphatic carbocycles. The average molecular weight is 443 g/mol. The average Bonchev–Trinajstić information content (AvgIpc) is 3.13. The molecule has 31 heavy (non-hydrogen) atoms. The fourth-order valence-electron chi connectivity index (χ4n) is 2.93. The highest BCUT2D eigenvalue weighted by Gasteiger charge is 2.19. The number of hydrogen-bond acceptors (Lipinski definition) is 8. The molecule has 0 bridgehead atoms. The lowest BCUT2D eigenvalue weighted by molar-refractivity contribution is -0.154. The molecular weight excluding hydrogens is 416 g/mol. The zero-order chi connectivity index (χ0) is 22.4. The number of anilines is 2. The van der Waals surface area contributed by atoms with Crippen LogP contribution in [0.2, 0.25) is 0 Å². The number of ether oxygens (including phenoxy) is 2. The van der Waals surface area contributed by atoms with E-state index in [-0.39, 0.29) is 18.3 Å². The Morgan fingerprint density at radius 2 is 1.81 bits per heavy atom. The van der Waals surface area contributed by atoms with Crippen LogP contribution in [0.25, 0.3) is 10.8 Å². The van der Waals surface area contributed by atoms with Gasteiger partial charge >= 0.3 is 5.97 Å². The number of hydrogen-bond donors (Lipinski definition) is 2. The molecule has 3 rings (SSSR count). The number of nitrogens with zero attached hydrogens (tertiary/aromatic N) is 2. The Bertz CT molecular complexity index is 1070. The molecule has 0 radical (unpaired) electrons. The quantitative estimate of drug-likeness (QED) is 0.496. The Kier molecular flexibility index (Phi) is 7.06. The van der Waals surface area contributed by atoms with Crippen molar-refractivity contribution in [3.63, 3.8) is 0 Å². The minimum Gasteiger partial charge on any atom is -0.493 e. The first kappa shape index (κ1) is 22.5. The third-order valence-corrected chi connectivity index (χ3v) is 4.88. The third kappa shape index (κ3) is 6.14. The molecule has 0 unspecified atom stereocenters. The van der Waals surface area contributed by atoms with E-state index in [1.54, 1.807) is 6.07 Å². The van der Waals surface area contributed by atoms with Crippen molar-refractivity contribution >= 4 is 44.2 Å². The maximum Gasteiger partial charge on any atom is 0.308 e. The molecule has 3 aromatic rings. The van der Waals surface area contributed by atoms with Crippen molar-refractivity contribution in [1.82, 2.24) is 10.2 Å². The topological polar surface area (TPSA) is 102 Å². The van der Waals surface area contributed by atoms with Gasteiger partial charge in [-0.1, -0.05) is 41.7 Å². The van der Waals surface area contributed by atoms with Crippen LogP contribution in [0.5, 0.6) is 5.75 Å². The van der Waals surface area contributed by atoms with E-state index in [4.69, 9.17) is 9.47 Å². The summed E-state index contributed by atoms with van der Waals surface area (Å²) in [5.41, 5.74) is -0.0613. The summed E-state index contributed by atoms with van der Waals surface area (Å²) in [6, 6.07) is 11.4. The Morgan fingerprint density at radius 3 is 2.55 bits per heavy atom. The molecule has 0 fully saturated rings. The van der Waals surface area contributed by atoms with Crippen molar-refractivity contribution in [2.24, 2.45) is 0 Å². The maximum absolute atomic E-state index is 13.0. The number of esters is 1. The van der Waals surface area contributed by atoms with Crippen LogP contribution < -0.4 is 15.4 Å². The Balaban J connectivity index is 1.66. The highest BCUT2D eigenvalue weighted by atomic mass is 32.1. The number of rotatable bonds is 8. The van der Waals surface area contributed by atoms with Crippen molar-refractivity contribution in [2.45, 2.75) is 39.7 Å². The molecule has 9 heteroatoms. The van der Waals surface area contributed by atoms with Crippen molar-refractivity contribution in [1.29, 1.82) is 0 Å². The Morgan fingerprint density at radius 1 is 1.06 bits per heavy atom. The maximum atomic E-state index is 13.0. The van der Waals surface area contributed by atoms with Gasteiger partial charge in [-0.15, -0.1) is 10.2 Å². The molecule has 0 spiro atoms. The van der Waals surface area contributed by atoms with Crippen LogP contribution in [0.4, 0.5) is 10.3 Å². The van der Waals surface area contributed by atoms with Gasteiger partial charge in [0.15, 0.2) is 0 Å². The van der Waals surface area contributed by atoms with Crippen LogP contribution in [-0.4, -0.2) is 40.8 Å². The number of amides is 1. The standard InChI is InChI=1S/C22H26N4O4S/c1-5-29-16-11-10-14-8-6-7-9-15(14)18(16)19(28)24-21-26-25-20(31-21)23-13-12-17(27)30-22(2,3)4/h6-11H,5,12-13H2,1-4H3,(H,23,25)(H,24,26,28). The SMILES string of the molecule is CCOc1ccc2ccccc2c1C(=O)Nc1nnc(NCCC(=O)OC(C)(C)C)s1. The smallest absolute Gasteiger partial charge is 0.308 e. The van der Waals surface area contributed by atoms with Gasteiger partial charge in [0.2, 0.25) is 10.3 Å². The lowest BCUT2D eigenvalue weighted by Crippen LogP contribution is -2.25. The van der Waals surface area contributed by atoms with E-state index in [1.807, 2.05) is 58.0 Å². The van der Waals surface area contributed by atoms with E-state index >= 15 is 0 Å². The normalized spacial score (nSPS) is 11.2. The van der Waals surface area contributed by atoms with E-state index in [1.165, 1.54) is 11.3 Å². The molecule has 0 saturated heterocycles. The fraction of sp³-hybridized carbons (Fsp3) is 0.364. The second-order valence-electron chi connectivity index (χ2n) is 7.72. The van der Waals surface area contributed by atoms with Crippen molar-refractivity contribution < 1.29 is 19.1 Å². The number of carbonyl (C=O) groups excluding carboxylic acids is 2. The van der Waals surface area contributed by atoms with E-state index in [9.17, 15) is 9.59 Å². The molecule has 0 saturated carbocycles. The van der Waals surface area contributed by atoms with E-state index in [0.29, 0.717) is 34.7 Å². The van der Waals surface area contributed by atoms with Crippen LogP contribution in [0, 0.1) is 0 Å². The molecule has 1 amide bonds. The highest BCUT2D eigenvalue weighted by Crippen LogP contribution is 2.30. The van der Waals surface area contributed by atoms with Gasteiger partial charge in [0.1, 0.15) is 11.4 Å². The summed E-state index contributed by atoms with van der Waals surface area (Å²) in [6.07, 6.45) is 0.201. The van der Waals surface area contributed by atoms with Gasteiger partial charge in [0, 0.05) is 6.54 Å². The Labute approximate surface area is 185 Å². The van der Waals surface area contributed by atoms with Gasteiger partial charge in [-0.25, -0.2) is 0 Å². The van der Waals surface area contributed by atoms with E-state index < -0.39 is 5.60 Å². The molecule has 0 aliphatic heterocycles. The molecule has 0 aliphatic rings. The predicted molar refractivity (Wildman–Crippen MR) is 122 cm³/mol. The second kappa shape index (κ2) is 9.74. The zero-order valence-electron chi connectivity index (χ0n) is 18.0. The molecule has 2 aromatic carbocycles.